The molecule has 0 radical (unpaired) electrons. The van der Waals surface area contributed by atoms with E-state index in [1.807, 2.05) is 30.1 Å². The first-order chi connectivity index (χ1) is 11.7. The zero-order chi connectivity index (χ0) is 16.8. The number of carbonyl (C=O) groups is 1. The molecule has 0 saturated carbocycles. The Balaban J connectivity index is 0.00000225. The van der Waals surface area contributed by atoms with Gasteiger partial charge < -0.3 is 10.2 Å². The van der Waals surface area contributed by atoms with E-state index in [-0.39, 0.29) is 18.3 Å². The molecule has 1 aromatic heterocycles. The third-order valence-corrected chi connectivity index (χ3v) is 4.62. The number of piperidine rings is 1. The maximum absolute atomic E-state index is 12.5. The lowest BCUT2D eigenvalue weighted by atomic mass is 10.1. The maximum Gasteiger partial charge on any atom is 0.274 e. The fourth-order valence-corrected chi connectivity index (χ4v) is 3.18. The second kappa shape index (κ2) is 9.59. The van der Waals surface area contributed by atoms with Gasteiger partial charge in [0.15, 0.2) is 0 Å². The van der Waals surface area contributed by atoms with Crippen LogP contribution in [0.2, 0.25) is 0 Å². The Kier molecular flexibility index (Phi) is 7.47. The molecule has 3 rings (SSSR count). The van der Waals surface area contributed by atoms with Crippen molar-refractivity contribution in [2.75, 3.05) is 26.7 Å². The van der Waals surface area contributed by atoms with Gasteiger partial charge in [-0.05, 0) is 43.9 Å². The molecule has 1 aliphatic rings. The van der Waals surface area contributed by atoms with Crippen LogP contribution in [0.4, 0.5) is 0 Å². The minimum Gasteiger partial charge on any atom is -0.340 e. The molecule has 1 aliphatic heterocycles. The van der Waals surface area contributed by atoms with Crippen LogP contribution in [0.5, 0.6) is 0 Å². The minimum absolute atomic E-state index is 0. The van der Waals surface area contributed by atoms with Gasteiger partial charge in [0.2, 0.25) is 0 Å². The summed E-state index contributed by atoms with van der Waals surface area (Å²) in [5.41, 5.74) is 1.86. The highest BCUT2D eigenvalue weighted by molar-refractivity contribution is 5.92. The van der Waals surface area contributed by atoms with E-state index in [2.05, 4.69) is 34.7 Å². The van der Waals surface area contributed by atoms with E-state index in [4.69, 9.17) is 0 Å². The summed E-state index contributed by atoms with van der Waals surface area (Å²) in [6.45, 7) is 2.75. The molecule has 2 heterocycles. The molecule has 25 heavy (non-hydrogen) atoms. The number of nitrogens with one attached hydrogen (secondary N) is 1. The number of aromatic nitrogens is 2. The smallest absolute Gasteiger partial charge is 0.274 e. The van der Waals surface area contributed by atoms with Crippen LogP contribution in [0.3, 0.4) is 0 Å². The molecule has 1 unspecified atom stereocenters. The van der Waals surface area contributed by atoms with Crippen LogP contribution < -0.4 is 5.32 Å². The van der Waals surface area contributed by atoms with Crippen molar-refractivity contribution < 1.29 is 4.79 Å². The number of nitrogens with zero attached hydrogens (tertiary/aromatic N) is 3. The predicted molar refractivity (Wildman–Crippen MR) is 102 cm³/mol. The SMILES string of the molecule is CN(CCCc1ccccc1)C(=O)c1ccn(C2CCCNC2)n1.Cl. The van der Waals surface area contributed by atoms with Gasteiger partial charge in [-0.1, -0.05) is 30.3 Å². The number of hydrogen-bond acceptors (Lipinski definition) is 3. The first-order valence-corrected chi connectivity index (χ1v) is 8.79. The Morgan fingerprint density at radius 3 is 2.84 bits per heavy atom. The van der Waals surface area contributed by atoms with Crippen LogP contribution in [0.25, 0.3) is 0 Å². The molecule has 1 saturated heterocycles. The monoisotopic (exact) mass is 362 g/mol. The van der Waals surface area contributed by atoms with Crippen LogP contribution in [-0.2, 0) is 6.42 Å². The first-order valence-electron chi connectivity index (χ1n) is 8.79. The van der Waals surface area contributed by atoms with Crippen molar-refractivity contribution in [3.8, 4) is 0 Å². The standard InChI is InChI=1S/C19H26N4O.ClH/c1-22(13-6-9-16-7-3-2-4-8-16)19(24)18-11-14-23(21-18)17-10-5-12-20-15-17;/h2-4,7-8,11,14,17,20H,5-6,9-10,12-13,15H2,1H3;1H. The molecule has 0 spiro atoms. The molecule has 1 fully saturated rings. The summed E-state index contributed by atoms with van der Waals surface area (Å²) < 4.78 is 1.94. The number of amides is 1. The van der Waals surface area contributed by atoms with Crippen LogP contribution in [0.15, 0.2) is 42.6 Å². The minimum atomic E-state index is 0. The average molecular weight is 363 g/mol. The van der Waals surface area contributed by atoms with E-state index >= 15 is 0 Å². The normalized spacial score (nSPS) is 16.9. The van der Waals surface area contributed by atoms with E-state index in [1.165, 1.54) is 5.56 Å². The quantitative estimate of drug-likeness (QED) is 0.859. The molecule has 1 aromatic carbocycles. The molecule has 1 atom stereocenters. The van der Waals surface area contributed by atoms with Gasteiger partial charge in [-0.25, -0.2) is 0 Å². The van der Waals surface area contributed by atoms with Crippen molar-refractivity contribution in [2.45, 2.75) is 31.7 Å². The van der Waals surface area contributed by atoms with Crippen LogP contribution >= 0.6 is 12.4 Å². The van der Waals surface area contributed by atoms with Gasteiger partial charge in [-0.3, -0.25) is 9.48 Å². The lowest BCUT2D eigenvalue weighted by Gasteiger charge is -2.23. The van der Waals surface area contributed by atoms with Crippen LogP contribution in [0.1, 0.15) is 41.4 Å². The maximum atomic E-state index is 12.5. The molecular formula is C19H27ClN4O. The van der Waals surface area contributed by atoms with Crippen molar-refractivity contribution in [2.24, 2.45) is 0 Å². The van der Waals surface area contributed by atoms with Gasteiger partial charge in [-0.15, -0.1) is 12.4 Å². The molecule has 2 aromatic rings. The molecule has 6 heteroatoms. The van der Waals surface area contributed by atoms with Gasteiger partial charge in [-0.2, -0.15) is 5.10 Å². The van der Waals surface area contributed by atoms with E-state index < -0.39 is 0 Å². The van der Waals surface area contributed by atoms with Crippen molar-refractivity contribution in [1.29, 1.82) is 0 Å². The first kappa shape index (κ1) is 19.5. The Labute approximate surface area is 155 Å². The van der Waals surface area contributed by atoms with E-state index in [1.54, 1.807) is 4.90 Å². The van der Waals surface area contributed by atoms with E-state index in [0.29, 0.717) is 11.7 Å². The number of halogens is 1. The Bertz CT molecular complexity index is 652. The Morgan fingerprint density at radius 1 is 1.32 bits per heavy atom. The summed E-state index contributed by atoms with van der Waals surface area (Å²) in [4.78, 5) is 14.3. The average Bonchev–Trinajstić information content (AvgIpc) is 3.13. The second-order valence-electron chi connectivity index (χ2n) is 6.50. The Morgan fingerprint density at radius 2 is 2.12 bits per heavy atom. The summed E-state index contributed by atoms with van der Waals surface area (Å²) in [5, 5.41) is 7.89. The highest BCUT2D eigenvalue weighted by Gasteiger charge is 2.19. The fourth-order valence-electron chi connectivity index (χ4n) is 3.18. The van der Waals surface area contributed by atoms with Crippen molar-refractivity contribution in [3.05, 3.63) is 53.9 Å². The van der Waals surface area contributed by atoms with Gasteiger partial charge in [0.25, 0.3) is 5.91 Å². The lowest BCUT2D eigenvalue weighted by Crippen LogP contribution is -2.32. The molecule has 136 valence electrons. The Hall–Kier alpha value is -1.85. The number of hydrogen-bond donors (Lipinski definition) is 1. The number of rotatable bonds is 6. The molecule has 0 bridgehead atoms. The summed E-state index contributed by atoms with van der Waals surface area (Å²) >= 11 is 0. The third-order valence-electron chi connectivity index (χ3n) is 4.62. The molecule has 1 N–H and O–H groups in total. The lowest BCUT2D eigenvalue weighted by molar-refractivity contribution is 0.0786. The van der Waals surface area contributed by atoms with Crippen molar-refractivity contribution >= 4 is 18.3 Å². The molecular weight excluding hydrogens is 336 g/mol. The highest BCUT2D eigenvalue weighted by Crippen LogP contribution is 2.16. The zero-order valence-corrected chi connectivity index (χ0v) is 15.5. The fraction of sp³-hybridized carbons (Fsp3) is 0.474. The summed E-state index contributed by atoms with van der Waals surface area (Å²) in [5.74, 6) is 0.00517. The predicted octanol–water partition coefficient (Wildman–Crippen LogP) is 2.93. The summed E-state index contributed by atoms with van der Waals surface area (Å²) in [7, 11) is 1.86. The molecule has 5 nitrogen and oxygen atoms in total. The van der Waals surface area contributed by atoms with Gasteiger partial charge >= 0.3 is 0 Å². The van der Waals surface area contributed by atoms with Crippen LogP contribution in [0, 0.1) is 0 Å². The second-order valence-corrected chi connectivity index (χ2v) is 6.50. The van der Waals surface area contributed by atoms with E-state index in [9.17, 15) is 4.79 Å². The van der Waals surface area contributed by atoms with Gasteiger partial charge in [0.1, 0.15) is 5.69 Å². The number of carbonyl (C=O) groups excluding carboxylic acids is 1. The topological polar surface area (TPSA) is 50.2 Å². The molecule has 0 aliphatic carbocycles. The van der Waals surface area contributed by atoms with Gasteiger partial charge in [0.05, 0.1) is 6.04 Å². The van der Waals surface area contributed by atoms with Gasteiger partial charge in [0, 0.05) is 26.3 Å². The highest BCUT2D eigenvalue weighted by atomic mass is 35.5. The summed E-state index contributed by atoms with van der Waals surface area (Å²) in [6.07, 6.45) is 6.16. The van der Waals surface area contributed by atoms with E-state index in [0.717, 1.165) is 45.3 Å². The summed E-state index contributed by atoms with van der Waals surface area (Å²) in [6, 6.07) is 12.6. The zero-order valence-electron chi connectivity index (χ0n) is 14.7. The number of aryl methyl sites for hydroxylation is 1. The van der Waals surface area contributed by atoms with Crippen molar-refractivity contribution in [1.82, 2.24) is 20.0 Å². The largest absolute Gasteiger partial charge is 0.340 e. The van der Waals surface area contributed by atoms with Crippen molar-refractivity contribution in [3.63, 3.8) is 0 Å². The van der Waals surface area contributed by atoms with Crippen LogP contribution in [-0.4, -0.2) is 47.3 Å². The number of benzene rings is 1. The molecule has 1 amide bonds. The third kappa shape index (κ3) is 5.31.